The van der Waals surface area contributed by atoms with Crippen molar-refractivity contribution in [1.29, 1.82) is 0 Å². The molecule has 1 saturated heterocycles. The Morgan fingerprint density at radius 2 is 1.73 bits per heavy atom. The minimum absolute atomic E-state index is 0.333. The summed E-state index contributed by atoms with van der Waals surface area (Å²) in [4.78, 5) is 7.01. The van der Waals surface area contributed by atoms with Crippen molar-refractivity contribution < 1.29 is 13.4 Å². The lowest BCUT2D eigenvalue weighted by atomic mass is 9.97. The second-order valence-electron chi connectivity index (χ2n) is 8.40. The number of oxazole rings is 1. The predicted molar refractivity (Wildman–Crippen MR) is 121 cm³/mol. The molecule has 1 aliphatic heterocycles. The molecule has 0 unspecified atom stereocenters. The largest absolute Gasteiger partial charge is 0.440 e. The standard InChI is InChI=1S/C25H23N5O3/c1-16-22(23(29-33-16)17-7-3-2-4-8-17)25-28-27-21(32-25)15-30-13-11-18(12-14-30)24-26-19-9-5-6-10-20(19)31-24/h2-10,18H,11-15H2,1H3. The predicted octanol–water partition coefficient (Wildman–Crippen LogP) is 5.22. The van der Waals surface area contributed by atoms with E-state index in [-0.39, 0.29) is 0 Å². The van der Waals surface area contributed by atoms with Crippen molar-refractivity contribution >= 4 is 11.1 Å². The van der Waals surface area contributed by atoms with Crippen LogP contribution in [0.5, 0.6) is 0 Å². The average molecular weight is 441 g/mol. The maximum atomic E-state index is 6.03. The van der Waals surface area contributed by atoms with Crippen LogP contribution in [0.25, 0.3) is 33.8 Å². The molecule has 2 aromatic carbocycles. The zero-order chi connectivity index (χ0) is 22.2. The molecule has 33 heavy (non-hydrogen) atoms. The van der Waals surface area contributed by atoms with Gasteiger partial charge in [-0.05, 0) is 45.0 Å². The fraction of sp³-hybridized carbons (Fsp3) is 0.280. The summed E-state index contributed by atoms with van der Waals surface area (Å²) < 4.78 is 17.4. The molecule has 0 atom stereocenters. The highest BCUT2D eigenvalue weighted by atomic mass is 16.5. The molecule has 1 aliphatic rings. The van der Waals surface area contributed by atoms with Crippen molar-refractivity contribution in [1.82, 2.24) is 25.2 Å². The van der Waals surface area contributed by atoms with E-state index < -0.39 is 0 Å². The molecular formula is C25H23N5O3. The quantitative estimate of drug-likeness (QED) is 0.366. The lowest BCUT2D eigenvalue weighted by Crippen LogP contribution is -2.32. The molecule has 0 amide bonds. The highest BCUT2D eigenvalue weighted by Crippen LogP contribution is 2.34. The minimum Gasteiger partial charge on any atom is -0.440 e. The Bertz CT molecular complexity index is 1350. The van der Waals surface area contributed by atoms with Crippen LogP contribution in [0.2, 0.25) is 0 Å². The number of benzene rings is 2. The monoisotopic (exact) mass is 441 g/mol. The van der Waals surface area contributed by atoms with Crippen LogP contribution in [-0.4, -0.2) is 38.3 Å². The molecule has 0 aliphatic carbocycles. The number of piperidine rings is 1. The zero-order valence-electron chi connectivity index (χ0n) is 18.3. The Balaban J connectivity index is 1.14. The van der Waals surface area contributed by atoms with E-state index in [1.165, 1.54) is 0 Å². The summed E-state index contributed by atoms with van der Waals surface area (Å²) in [7, 11) is 0. The number of nitrogens with zero attached hydrogens (tertiary/aromatic N) is 5. The van der Waals surface area contributed by atoms with Crippen molar-refractivity contribution in [3.63, 3.8) is 0 Å². The zero-order valence-corrected chi connectivity index (χ0v) is 18.3. The number of hydrogen-bond acceptors (Lipinski definition) is 8. The molecule has 3 aromatic heterocycles. The van der Waals surface area contributed by atoms with Crippen molar-refractivity contribution in [3.05, 3.63) is 72.1 Å². The van der Waals surface area contributed by atoms with Crippen LogP contribution in [0, 0.1) is 6.92 Å². The summed E-state index contributed by atoms with van der Waals surface area (Å²) in [6, 6.07) is 17.8. The van der Waals surface area contributed by atoms with Crippen LogP contribution < -0.4 is 0 Å². The highest BCUT2D eigenvalue weighted by Gasteiger charge is 2.27. The van der Waals surface area contributed by atoms with Crippen molar-refractivity contribution in [2.45, 2.75) is 32.2 Å². The van der Waals surface area contributed by atoms with E-state index >= 15 is 0 Å². The molecule has 0 radical (unpaired) electrons. The molecule has 8 nitrogen and oxygen atoms in total. The maximum Gasteiger partial charge on any atom is 0.253 e. The molecule has 5 aromatic rings. The van der Waals surface area contributed by atoms with Crippen LogP contribution >= 0.6 is 0 Å². The number of hydrogen-bond donors (Lipinski definition) is 0. The van der Waals surface area contributed by atoms with E-state index in [4.69, 9.17) is 13.4 Å². The Labute approximate surface area is 190 Å². The summed E-state index contributed by atoms with van der Waals surface area (Å²) >= 11 is 0. The molecule has 166 valence electrons. The minimum atomic E-state index is 0.333. The van der Waals surface area contributed by atoms with E-state index in [9.17, 15) is 0 Å². The Kier molecular flexibility index (Phi) is 4.99. The third-order valence-corrected chi connectivity index (χ3v) is 6.20. The van der Waals surface area contributed by atoms with E-state index in [1.807, 2.05) is 61.5 Å². The maximum absolute atomic E-state index is 6.03. The first-order chi connectivity index (χ1) is 16.2. The summed E-state index contributed by atoms with van der Waals surface area (Å²) in [5.74, 6) is 2.85. The SMILES string of the molecule is Cc1onc(-c2ccccc2)c1-c1nnc(CN2CCC(c3nc4ccccc4o3)CC2)o1. The van der Waals surface area contributed by atoms with E-state index in [2.05, 4.69) is 25.2 Å². The Morgan fingerprint density at radius 3 is 2.55 bits per heavy atom. The van der Waals surface area contributed by atoms with Crippen molar-refractivity contribution in [3.8, 4) is 22.7 Å². The van der Waals surface area contributed by atoms with Gasteiger partial charge in [0, 0.05) is 11.5 Å². The fourth-order valence-electron chi connectivity index (χ4n) is 4.43. The van der Waals surface area contributed by atoms with Gasteiger partial charge in [0.25, 0.3) is 5.89 Å². The van der Waals surface area contributed by atoms with Gasteiger partial charge in [-0.3, -0.25) is 4.90 Å². The summed E-state index contributed by atoms with van der Waals surface area (Å²) in [6.45, 7) is 4.30. The van der Waals surface area contributed by atoms with E-state index in [1.54, 1.807) is 0 Å². The van der Waals surface area contributed by atoms with Gasteiger partial charge in [-0.1, -0.05) is 47.6 Å². The van der Waals surface area contributed by atoms with Gasteiger partial charge < -0.3 is 13.4 Å². The van der Waals surface area contributed by atoms with Gasteiger partial charge >= 0.3 is 0 Å². The molecule has 0 saturated carbocycles. The molecule has 0 bridgehead atoms. The fourth-order valence-corrected chi connectivity index (χ4v) is 4.43. The third-order valence-electron chi connectivity index (χ3n) is 6.20. The Morgan fingerprint density at radius 1 is 0.939 bits per heavy atom. The van der Waals surface area contributed by atoms with Gasteiger partial charge in [0.05, 0.1) is 6.54 Å². The first kappa shape index (κ1) is 19.9. The molecule has 4 heterocycles. The van der Waals surface area contributed by atoms with Crippen LogP contribution in [-0.2, 0) is 6.54 Å². The third kappa shape index (κ3) is 3.82. The second kappa shape index (κ2) is 8.29. The summed E-state index contributed by atoms with van der Waals surface area (Å²) in [5, 5.41) is 12.8. The number of aromatic nitrogens is 4. The number of fused-ring (bicyclic) bond motifs is 1. The summed E-state index contributed by atoms with van der Waals surface area (Å²) in [6.07, 6.45) is 1.97. The average Bonchev–Trinajstić information content (AvgIpc) is 3.58. The van der Waals surface area contributed by atoms with Crippen molar-refractivity contribution in [2.24, 2.45) is 0 Å². The normalized spacial score (nSPS) is 15.4. The van der Waals surface area contributed by atoms with Gasteiger partial charge in [0.15, 0.2) is 11.5 Å². The van der Waals surface area contributed by atoms with E-state index in [0.717, 1.165) is 54.0 Å². The molecule has 8 heteroatoms. The molecule has 6 rings (SSSR count). The molecule has 0 N–H and O–H groups in total. The molecular weight excluding hydrogens is 418 g/mol. The van der Waals surface area contributed by atoms with Gasteiger partial charge in [-0.25, -0.2) is 4.98 Å². The van der Waals surface area contributed by atoms with Gasteiger partial charge in [-0.2, -0.15) is 0 Å². The second-order valence-corrected chi connectivity index (χ2v) is 8.40. The number of aryl methyl sites for hydroxylation is 1. The van der Waals surface area contributed by atoms with Gasteiger partial charge in [0.1, 0.15) is 22.5 Å². The van der Waals surface area contributed by atoms with Crippen molar-refractivity contribution in [2.75, 3.05) is 13.1 Å². The highest BCUT2D eigenvalue weighted by molar-refractivity contribution is 5.77. The molecule has 1 fully saturated rings. The number of para-hydroxylation sites is 2. The summed E-state index contributed by atoms with van der Waals surface area (Å²) in [5.41, 5.74) is 4.18. The van der Waals surface area contributed by atoms with Gasteiger partial charge in [-0.15, -0.1) is 10.2 Å². The van der Waals surface area contributed by atoms with Gasteiger partial charge in [0.2, 0.25) is 5.89 Å². The van der Waals surface area contributed by atoms with Crippen LogP contribution in [0.15, 0.2) is 68.0 Å². The van der Waals surface area contributed by atoms with E-state index in [0.29, 0.717) is 35.7 Å². The van der Waals surface area contributed by atoms with Crippen LogP contribution in [0.3, 0.4) is 0 Å². The topological polar surface area (TPSA) is 94.2 Å². The van der Waals surface area contributed by atoms with Crippen LogP contribution in [0.1, 0.15) is 36.3 Å². The first-order valence-electron chi connectivity index (χ1n) is 11.2. The number of rotatable bonds is 5. The molecule has 0 spiro atoms. The number of likely N-dealkylation sites (tertiary alicyclic amines) is 1. The first-order valence-corrected chi connectivity index (χ1v) is 11.2. The lowest BCUT2D eigenvalue weighted by molar-refractivity contribution is 0.179. The van der Waals surface area contributed by atoms with Crippen LogP contribution in [0.4, 0.5) is 0 Å². The Hall–Kier alpha value is -3.78. The smallest absolute Gasteiger partial charge is 0.253 e. The lowest BCUT2D eigenvalue weighted by Gasteiger charge is -2.29.